The molecular weight excluding hydrogens is 238 g/mol. The molecule has 1 nitrogen and oxygen atoms in total. The molecule has 0 amide bonds. The minimum Gasteiger partial charge on any atom is -0.399 e. The zero-order chi connectivity index (χ0) is 13.0. The van der Waals surface area contributed by atoms with Crippen molar-refractivity contribution in [1.29, 1.82) is 0 Å². The quantitative estimate of drug-likeness (QED) is 0.812. The van der Waals surface area contributed by atoms with Crippen LogP contribution in [0.5, 0.6) is 0 Å². The molecule has 0 heterocycles. The summed E-state index contributed by atoms with van der Waals surface area (Å²) in [6, 6.07) is 16.9. The molecule has 2 aromatic rings. The van der Waals surface area contributed by atoms with Crippen LogP contribution in [-0.2, 0) is 5.75 Å². The van der Waals surface area contributed by atoms with Crippen molar-refractivity contribution in [1.82, 2.24) is 0 Å². The molecule has 2 aromatic carbocycles. The highest BCUT2D eigenvalue weighted by molar-refractivity contribution is 7.98. The molecule has 0 aliphatic carbocycles. The average Bonchev–Trinajstić information content (AvgIpc) is 2.37. The zero-order valence-electron chi connectivity index (χ0n) is 10.9. The first-order valence-electron chi connectivity index (χ1n) is 6.18. The van der Waals surface area contributed by atoms with Crippen molar-refractivity contribution < 1.29 is 0 Å². The molecule has 1 atom stereocenters. The monoisotopic (exact) mass is 257 g/mol. The lowest BCUT2D eigenvalue weighted by molar-refractivity contribution is 1.09. The Kier molecular flexibility index (Phi) is 4.32. The predicted molar refractivity (Wildman–Crippen MR) is 81.7 cm³/mol. The first-order chi connectivity index (χ1) is 8.65. The van der Waals surface area contributed by atoms with Crippen molar-refractivity contribution in [3.8, 4) is 0 Å². The summed E-state index contributed by atoms with van der Waals surface area (Å²) in [5.74, 6) is 1.05. The summed E-state index contributed by atoms with van der Waals surface area (Å²) >= 11 is 1.96. The normalized spacial score (nSPS) is 12.3. The fraction of sp³-hybridized carbons (Fsp3) is 0.250. The highest BCUT2D eigenvalue weighted by Crippen LogP contribution is 2.31. The molecule has 2 rings (SSSR count). The molecule has 0 fully saturated rings. The number of thioether (sulfide) groups is 1. The van der Waals surface area contributed by atoms with Gasteiger partial charge in [-0.15, -0.1) is 11.8 Å². The summed E-state index contributed by atoms with van der Waals surface area (Å²) in [4.78, 5) is 0. The summed E-state index contributed by atoms with van der Waals surface area (Å²) in [6.45, 7) is 4.38. The smallest absolute Gasteiger partial charge is 0.0314 e. The summed E-state index contributed by atoms with van der Waals surface area (Å²) in [5, 5.41) is 0.492. The number of hydrogen-bond donors (Lipinski definition) is 1. The van der Waals surface area contributed by atoms with E-state index in [0.29, 0.717) is 5.25 Å². The van der Waals surface area contributed by atoms with E-state index in [-0.39, 0.29) is 0 Å². The molecule has 0 aromatic heterocycles. The number of rotatable bonds is 4. The summed E-state index contributed by atoms with van der Waals surface area (Å²) in [7, 11) is 0. The topological polar surface area (TPSA) is 26.0 Å². The van der Waals surface area contributed by atoms with Crippen LogP contribution >= 0.6 is 11.8 Å². The molecule has 2 heteroatoms. The maximum Gasteiger partial charge on any atom is 0.0314 e. The van der Waals surface area contributed by atoms with E-state index >= 15 is 0 Å². The zero-order valence-corrected chi connectivity index (χ0v) is 11.7. The third kappa shape index (κ3) is 3.54. The minimum absolute atomic E-state index is 0.492. The first kappa shape index (κ1) is 13.0. The van der Waals surface area contributed by atoms with Crippen LogP contribution in [0, 0.1) is 6.92 Å². The first-order valence-corrected chi connectivity index (χ1v) is 7.22. The van der Waals surface area contributed by atoms with E-state index in [1.165, 1.54) is 16.7 Å². The number of nitrogens with two attached hydrogens (primary N) is 1. The minimum atomic E-state index is 0.492. The van der Waals surface area contributed by atoms with E-state index in [9.17, 15) is 0 Å². The largest absolute Gasteiger partial charge is 0.399 e. The fourth-order valence-electron chi connectivity index (χ4n) is 1.89. The van der Waals surface area contributed by atoms with E-state index in [0.717, 1.165) is 11.4 Å². The van der Waals surface area contributed by atoms with Crippen LogP contribution in [0.2, 0.25) is 0 Å². The molecule has 0 saturated heterocycles. The van der Waals surface area contributed by atoms with Crippen LogP contribution in [0.25, 0.3) is 0 Å². The second kappa shape index (κ2) is 5.96. The van der Waals surface area contributed by atoms with E-state index in [4.69, 9.17) is 5.73 Å². The number of anilines is 1. The molecule has 0 bridgehead atoms. The lowest BCUT2D eigenvalue weighted by Gasteiger charge is -2.12. The highest BCUT2D eigenvalue weighted by Gasteiger charge is 2.06. The van der Waals surface area contributed by atoms with Gasteiger partial charge in [-0.2, -0.15) is 0 Å². The highest BCUT2D eigenvalue weighted by atomic mass is 32.2. The molecule has 0 aliphatic heterocycles. The molecule has 2 N–H and O–H groups in total. The standard InChI is InChI=1S/C16H19NS/c1-12-4-3-5-14(10-12)11-18-13(2)15-6-8-16(17)9-7-15/h3-10,13H,11,17H2,1-2H3. The Balaban J connectivity index is 1.96. The Hall–Kier alpha value is -1.41. The van der Waals surface area contributed by atoms with Gasteiger partial charge in [0.15, 0.2) is 0 Å². The van der Waals surface area contributed by atoms with Crippen molar-refractivity contribution in [2.75, 3.05) is 5.73 Å². The van der Waals surface area contributed by atoms with E-state index in [1.54, 1.807) is 0 Å². The summed E-state index contributed by atoms with van der Waals surface area (Å²) in [5.41, 5.74) is 10.6. The SMILES string of the molecule is Cc1cccc(CSC(C)c2ccc(N)cc2)c1. The third-order valence-corrected chi connectivity index (χ3v) is 4.26. The van der Waals surface area contributed by atoms with Crippen molar-refractivity contribution in [2.24, 2.45) is 0 Å². The van der Waals surface area contributed by atoms with Gasteiger partial charge in [0, 0.05) is 16.7 Å². The van der Waals surface area contributed by atoms with Crippen LogP contribution in [0.3, 0.4) is 0 Å². The van der Waals surface area contributed by atoms with Crippen molar-refractivity contribution in [3.63, 3.8) is 0 Å². The second-order valence-electron chi connectivity index (χ2n) is 4.61. The van der Waals surface area contributed by atoms with Gasteiger partial charge in [-0.25, -0.2) is 0 Å². The van der Waals surface area contributed by atoms with Crippen LogP contribution in [0.15, 0.2) is 48.5 Å². The molecular formula is C16H19NS. The number of aryl methyl sites for hydroxylation is 1. The van der Waals surface area contributed by atoms with Crippen LogP contribution in [0.4, 0.5) is 5.69 Å². The maximum absolute atomic E-state index is 5.70. The van der Waals surface area contributed by atoms with Gasteiger partial charge in [-0.3, -0.25) is 0 Å². The van der Waals surface area contributed by atoms with Crippen LogP contribution in [0.1, 0.15) is 28.9 Å². The van der Waals surface area contributed by atoms with E-state index in [1.807, 2.05) is 23.9 Å². The molecule has 94 valence electrons. The number of hydrogen-bond acceptors (Lipinski definition) is 2. The van der Waals surface area contributed by atoms with Crippen LogP contribution < -0.4 is 5.73 Å². The van der Waals surface area contributed by atoms with Gasteiger partial charge in [0.25, 0.3) is 0 Å². The van der Waals surface area contributed by atoms with Gasteiger partial charge in [0.2, 0.25) is 0 Å². The Bertz CT molecular complexity index is 505. The lowest BCUT2D eigenvalue weighted by atomic mass is 10.1. The summed E-state index contributed by atoms with van der Waals surface area (Å²) < 4.78 is 0. The Labute approximate surface area is 113 Å². The molecule has 0 spiro atoms. The lowest BCUT2D eigenvalue weighted by Crippen LogP contribution is -1.91. The maximum atomic E-state index is 5.70. The third-order valence-electron chi connectivity index (χ3n) is 2.99. The average molecular weight is 257 g/mol. The molecule has 18 heavy (non-hydrogen) atoms. The number of benzene rings is 2. The van der Waals surface area contributed by atoms with Gasteiger partial charge in [0.1, 0.15) is 0 Å². The van der Waals surface area contributed by atoms with Crippen LogP contribution in [-0.4, -0.2) is 0 Å². The van der Waals surface area contributed by atoms with Crippen molar-refractivity contribution in [3.05, 3.63) is 65.2 Å². The predicted octanol–water partition coefficient (Wildman–Crippen LogP) is 4.57. The molecule has 1 unspecified atom stereocenters. The van der Waals surface area contributed by atoms with E-state index in [2.05, 4.69) is 50.2 Å². The molecule has 0 aliphatic rings. The Morgan fingerprint density at radius 2 is 1.83 bits per heavy atom. The van der Waals surface area contributed by atoms with Crippen molar-refractivity contribution in [2.45, 2.75) is 24.9 Å². The van der Waals surface area contributed by atoms with Crippen molar-refractivity contribution >= 4 is 17.4 Å². The molecule has 0 saturated carbocycles. The Morgan fingerprint density at radius 3 is 2.50 bits per heavy atom. The van der Waals surface area contributed by atoms with Gasteiger partial charge < -0.3 is 5.73 Å². The fourth-order valence-corrected chi connectivity index (χ4v) is 2.86. The van der Waals surface area contributed by atoms with Gasteiger partial charge in [-0.1, -0.05) is 42.0 Å². The molecule has 0 radical (unpaired) electrons. The second-order valence-corrected chi connectivity index (χ2v) is 5.94. The summed E-state index contributed by atoms with van der Waals surface area (Å²) in [6.07, 6.45) is 0. The van der Waals surface area contributed by atoms with Gasteiger partial charge in [0.05, 0.1) is 0 Å². The van der Waals surface area contributed by atoms with Gasteiger partial charge >= 0.3 is 0 Å². The van der Waals surface area contributed by atoms with Gasteiger partial charge in [-0.05, 0) is 37.1 Å². The Morgan fingerprint density at radius 1 is 1.11 bits per heavy atom. The van der Waals surface area contributed by atoms with E-state index < -0.39 is 0 Å². The number of nitrogen functional groups attached to an aromatic ring is 1.